The minimum atomic E-state index is -4.30. The second-order valence-corrected chi connectivity index (χ2v) is 4.73. The van der Waals surface area contributed by atoms with Gasteiger partial charge in [-0.05, 0) is 30.4 Å². The summed E-state index contributed by atoms with van der Waals surface area (Å²) in [6.07, 6.45) is -2.58. The van der Waals surface area contributed by atoms with Crippen molar-refractivity contribution < 1.29 is 18.3 Å². The molecule has 0 aromatic heterocycles. The molecule has 1 aliphatic carbocycles. The third kappa shape index (κ3) is 3.71. The average molecular weight is 259 g/mol. The van der Waals surface area contributed by atoms with Crippen molar-refractivity contribution in [2.45, 2.75) is 31.7 Å². The van der Waals surface area contributed by atoms with Crippen LogP contribution in [0.25, 0.3) is 0 Å². The van der Waals surface area contributed by atoms with E-state index in [1.165, 1.54) is 6.07 Å². The molecule has 0 radical (unpaired) electrons. The van der Waals surface area contributed by atoms with Gasteiger partial charge in [-0.3, -0.25) is 0 Å². The highest BCUT2D eigenvalue weighted by atomic mass is 19.4. The number of rotatable bonds is 5. The normalized spacial score (nSPS) is 17.8. The van der Waals surface area contributed by atoms with Gasteiger partial charge in [0.25, 0.3) is 0 Å². The van der Waals surface area contributed by atoms with E-state index in [2.05, 4.69) is 5.32 Å². The third-order valence-electron chi connectivity index (χ3n) is 3.10. The highest BCUT2D eigenvalue weighted by molar-refractivity contribution is 5.25. The van der Waals surface area contributed by atoms with Gasteiger partial charge in [-0.1, -0.05) is 18.2 Å². The molecule has 2 nitrogen and oxygen atoms in total. The summed E-state index contributed by atoms with van der Waals surface area (Å²) in [6, 6.07) is 5.24. The molecule has 0 amide bonds. The number of nitrogens with one attached hydrogen (secondary N) is 1. The number of hydrogen-bond acceptors (Lipinski definition) is 2. The van der Waals surface area contributed by atoms with Gasteiger partial charge in [0, 0.05) is 13.1 Å². The van der Waals surface area contributed by atoms with Gasteiger partial charge < -0.3 is 10.4 Å². The Kier molecular flexibility index (Phi) is 3.92. The molecule has 0 saturated heterocycles. The van der Waals surface area contributed by atoms with E-state index in [1.807, 2.05) is 0 Å². The third-order valence-corrected chi connectivity index (χ3v) is 3.10. The SMILES string of the molecule is OC(CNCc1cccc(C(F)(F)F)c1)C1CC1. The first-order valence-electron chi connectivity index (χ1n) is 6.02. The smallest absolute Gasteiger partial charge is 0.392 e. The number of hydrogen-bond donors (Lipinski definition) is 2. The zero-order valence-electron chi connectivity index (χ0n) is 9.87. The molecule has 1 fully saturated rings. The Labute approximate surface area is 104 Å². The Balaban J connectivity index is 1.85. The highest BCUT2D eigenvalue weighted by Crippen LogP contribution is 2.32. The van der Waals surface area contributed by atoms with Crippen molar-refractivity contribution in [3.05, 3.63) is 35.4 Å². The van der Waals surface area contributed by atoms with Crippen LogP contribution in [0.1, 0.15) is 24.0 Å². The van der Waals surface area contributed by atoms with Gasteiger partial charge in [0.1, 0.15) is 0 Å². The largest absolute Gasteiger partial charge is 0.416 e. The zero-order chi connectivity index (χ0) is 13.2. The quantitative estimate of drug-likeness (QED) is 0.851. The maximum absolute atomic E-state index is 12.5. The van der Waals surface area contributed by atoms with Gasteiger partial charge in [0.05, 0.1) is 11.7 Å². The predicted molar refractivity (Wildman–Crippen MR) is 61.9 cm³/mol. The van der Waals surface area contributed by atoms with Gasteiger partial charge in [0.2, 0.25) is 0 Å². The summed E-state index contributed by atoms with van der Waals surface area (Å²) >= 11 is 0. The van der Waals surface area contributed by atoms with Crippen molar-refractivity contribution in [2.24, 2.45) is 5.92 Å². The second kappa shape index (κ2) is 5.28. The van der Waals surface area contributed by atoms with Crippen LogP contribution in [0.15, 0.2) is 24.3 Å². The van der Waals surface area contributed by atoms with E-state index in [0.29, 0.717) is 24.6 Å². The Hall–Kier alpha value is -1.07. The standard InChI is InChI=1S/C13H16F3NO/c14-13(15,16)11-3-1-2-9(6-11)7-17-8-12(18)10-4-5-10/h1-3,6,10,12,17-18H,4-5,7-8H2. The first-order chi connectivity index (χ1) is 8.47. The number of aliphatic hydroxyl groups is 1. The van der Waals surface area contributed by atoms with Gasteiger partial charge >= 0.3 is 6.18 Å². The van der Waals surface area contributed by atoms with Crippen LogP contribution >= 0.6 is 0 Å². The Bertz CT molecular complexity index is 401. The molecule has 0 bridgehead atoms. The molecule has 1 unspecified atom stereocenters. The molecule has 100 valence electrons. The highest BCUT2D eigenvalue weighted by Gasteiger charge is 2.30. The lowest BCUT2D eigenvalue weighted by molar-refractivity contribution is -0.137. The maximum Gasteiger partial charge on any atom is 0.416 e. The van der Waals surface area contributed by atoms with E-state index in [4.69, 9.17) is 0 Å². The summed E-state index contributed by atoms with van der Waals surface area (Å²) < 4.78 is 37.4. The summed E-state index contributed by atoms with van der Waals surface area (Å²) in [5.74, 6) is 0.374. The first-order valence-corrected chi connectivity index (χ1v) is 6.02. The molecule has 0 heterocycles. The minimum absolute atomic E-state index is 0.341. The van der Waals surface area contributed by atoms with Crippen LogP contribution in [0.3, 0.4) is 0 Å². The molecule has 0 aliphatic heterocycles. The number of aliphatic hydroxyl groups excluding tert-OH is 1. The number of alkyl halides is 3. The van der Waals surface area contributed by atoms with Gasteiger partial charge in [-0.2, -0.15) is 13.2 Å². The first kappa shape index (κ1) is 13.4. The number of benzene rings is 1. The molecule has 1 aromatic carbocycles. The fourth-order valence-corrected chi connectivity index (χ4v) is 1.87. The minimum Gasteiger partial charge on any atom is -0.392 e. The number of halogens is 3. The lowest BCUT2D eigenvalue weighted by atomic mass is 10.1. The predicted octanol–water partition coefficient (Wildman–Crippen LogP) is 2.57. The molecule has 0 spiro atoms. The van der Waals surface area contributed by atoms with Crippen LogP contribution in [0.4, 0.5) is 13.2 Å². The van der Waals surface area contributed by atoms with Crippen molar-refractivity contribution in [1.82, 2.24) is 5.32 Å². The lowest BCUT2D eigenvalue weighted by Gasteiger charge is -2.12. The fourth-order valence-electron chi connectivity index (χ4n) is 1.87. The van der Waals surface area contributed by atoms with Crippen LogP contribution in [0.2, 0.25) is 0 Å². The molecule has 2 N–H and O–H groups in total. The summed E-state index contributed by atoms with van der Waals surface area (Å²) in [5, 5.41) is 12.6. The maximum atomic E-state index is 12.5. The molecule has 1 aromatic rings. The molecular formula is C13H16F3NO. The van der Waals surface area contributed by atoms with E-state index in [9.17, 15) is 18.3 Å². The molecule has 2 rings (SSSR count). The van der Waals surface area contributed by atoms with E-state index in [-0.39, 0.29) is 6.10 Å². The molecule has 5 heteroatoms. The summed E-state index contributed by atoms with van der Waals surface area (Å²) in [4.78, 5) is 0. The molecule has 1 atom stereocenters. The van der Waals surface area contributed by atoms with E-state index < -0.39 is 11.7 Å². The zero-order valence-corrected chi connectivity index (χ0v) is 9.87. The van der Waals surface area contributed by atoms with Gasteiger partial charge in [-0.25, -0.2) is 0 Å². The van der Waals surface area contributed by atoms with Crippen LogP contribution in [-0.2, 0) is 12.7 Å². The van der Waals surface area contributed by atoms with Crippen molar-refractivity contribution in [3.63, 3.8) is 0 Å². The average Bonchev–Trinajstić information content (AvgIpc) is 3.12. The fraction of sp³-hybridized carbons (Fsp3) is 0.538. The van der Waals surface area contributed by atoms with Gasteiger partial charge in [0.15, 0.2) is 0 Å². The monoisotopic (exact) mass is 259 g/mol. The van der Waals surface area contributed by atoms with E-state index in [1.54, 1.807) is 6.07 Å². The van der Waals surface area contributed by atoms with Gasteiger partial charge in [-0.15, -0.1) is 0 Å². The van der Waals surface area contributed by atoms with E-state index >= 15 is 0 Å². The molecule has 1 saturated carbocycles. The van der Waals surface area contributed by atoms with Crippen molar-refractivity contribution in [2.75, 3.05) is 6.54 Å². The second-order valence-electron chi connectivity index (χ2n) is 4.73. The Morgan fingerprint density at radius 2 is 2.06 bits per heavy atom. The molecule has 18 heavy (non-hydrogen) atoms. The van der Waals surface area contributed by atoms with E-state index in [0.717, 1.165) is 25.0 Å². The lowest BCUT2D eigenvalue weighted by Crippen LogP contribution is -2.27. The van der Waals surface area contributed by atoms with Crippen molar-refractivity contribution >= 4 is 0 Å². The van der Waals surface area contributed by atoms with Crippen LogP contribution in [0, 0.1) is 5.92 Å². The molecule has 1 aliphatic rings. The molecular weight excluding hydrogens is 243 g/mol. The Morgan fingerprint density at radius 1 is 1.33 bits per heavy atom. The Morgan fingerprint density at radius 3 is 2.67 bits per heavy atom. The van der Waals surface area contributed by atoms with Crippen molar-refractivity contribution in [3.8, 4) is 0 Å². The van der Waals surface area contributed by atoms with Crippen LogP contribution in [-0.4, -0.2) is 17.8 Å². The summed E-state index contributed by atoms with van der Waals surface area (Å²) in [5.41, 5.74) is -0.0580. The summed E-state index contributed by atoms with van der Waals surface area (Å²) in [7, 11) is 0. The topological polar surface area (TPSA) is 32.3 Å². The van der Waals surface area contributed by atoms with Crippen LogP contribution < -0.4 is 5.32 Å². The summed E-state index contributed by atoms with van der Waals surface area (Å²) in [6.45, 7) is 0.772. The van der Waals surface area contributed by atoms with Crippen molar-refractivity contribution in [1.29, 1.82) is 0 Å². The van der Waals surface area contributed by atoms with Crippen LogP contribution in [0.5, 0.6) is 0 Å².